The van der Waals surface area contributed by atoms with Crippen molar-refractivity contribution in [3.8, 4) is 5.75 Å². The minimum atomic E-state index is -3.81. The van der Waals surface area contributed by atoms with Crippen molar-refractivity contribution >= 4 is 43.2 Å². The summed E-state index contributed by atoms with van der Waals surface area (Å²) >= 11 is 3.33. The fourth-order valence-electron chi connectivity index (χ4n) is 4.75. The summed E-state index contributed by atoms with van der Waals surface area (Å²) in [6.07, 6.45) is 5.36. The third-order valence-corrected chi connectivity index (χ3v) is 8.09. The molecule has 0 saturated heterocycles. The average Bonchev–Trinajstić information content (AvgIpc) is 3.32. The van der Waals surface area contributed by atoms with Gasteiger partial charge >= 0.3 is 0 Å². The van der Waals surface area contributed by atoms with Crippen LogP contribution in [0, 0.1) is 17.8 Å². The molecule has 2 saturated carbocycles. The topological polar surface area (TPSA) is 84.5 Å². The number of carbonyl (C=O) groups excluding carboxylic acids is 1. The van der Waals surface area contributed by atoms with Gasteiger partial charge in [-0.05, 0) is 79.5 Å². The molecule has 2 aromatic rings. The molecular formula is C22H25BrN2O4S. The van der Waals surface area contributed by atoms with Gasteiger partial charge in [0.05, 0.1) is 17.7 Å². The van der Waals surface area contributed by atoms with Crippen LogP contribution in [0.3, 0.4) is 0 Å². The lowest BCUT2D eigenvalue weighted by Gasteiger charge is -2.21. The van der Waals surface area contributed by atoms with Crippen LogP contribution in [0.4, 0.5) is 11.4 Å². The Labute approximate surface area is 185 Å². The maximum Gasteiger partial charge on any atom is 0.261 e. The summed E-state index contributed by atoms with van der Waals surface area (Å²) in [5, 5.41) is 2.87. The highest BCUT2D eigenvalue weighted by atomic mass is 79.9. The van der Waals surface area contributed by atoms with Gasteiger partial charge in [0, 0.05) is 16.6 Å². The molecule has 3 unspecified atom stereocenters. The Morgan fingerprint density at radius 1 is 1.13 bits per heavy atom. The standard InChI is InChI=1S/C22H25BrN2O4S/c1-29-21-9-8-19(30(27,28)25-18-6-4-17(23)5-7-18)13-20(21)24-22(26)12-16-11-14-2-3-15(16)10-14/h4-9,13-16,25H,2-3,10-12H2,1H3,(H,24,26). The second kappa shape index (κ2) is 8.59. The molecular weight excluding hydrogens is 468 g/mol. The molecule has 0 radical (unpaired) electrons. The van der Waals surface area contributed by atoms with E-state index in [1.165, 1.54) is 38.5 Å². The second-order valence-electron chi connectivity index (χ2n) is 8.16. The summed E-state index contributed by atoms with van der Waals surface area (Å²) in [4.78, 5) is 12.7. The summed E-state index contributed by atoms with van der Waals surface area (Å²) in [5.41, 5.74) is 0.820. The number of hydrogen-bond donors (Lipinski definition) is 2. The molecule has 30 heavy (non-hydrogen) atoms. The van der Waals surface area contributed by atoms with Gasteiger partial charge in [0.1, 0.15) is 5.75 Å². The predicted octanol–water partition coefficient (Wildman–Crippen LogP) is 5.02. The van der Waals surface area contributed by atoms with Crippen LogP contribution in [0.5, 0.6) is 5.75 Å². The highest BCUT2D eigenvalue weighted by Crippen LogP contribution is 2.49. The van der Waals surface area contributed by atoms with E-state index in [1.54, 1.807) is 30.3 Å². The van der Waals surface area contributed by atoms with Crippen LogP contribution in [0.1, 0.15) is 32.1 Å². The van der Waals surface area contributed by atoms with Crippen LogP contribution in [-0.2, 0) is 14.8 Å². The Kier molecular flexibility index (Phi) is 6.06. The molecule has 8 heteroatoms. The van der Waals surface area contributed by atoms with E-state index in [2.05, 4.69) is 26.0 Å². The van der Waals surface area contributed by atoms with Crippen LogP contribution in [0.25, 0.3) is 0 Å². The van der Waals surface area contributed by atoms with Crippen molar-refractivity contribution in [2.45, 2.75) is 37.0 Å². The van der Waals surface area contributed by atoms with E-state index in [4.69, 9.17) is 4.74 Å². The fourth-order valence-corrected chi connectivity index (χ4v) is 6.10. The van der Waals surface area contributed by atoms with Crippen molar-refractivity contribution in [3.63, 3.8) is 0 Å². The number of carbonyl (C=O) groups is 1. The Balaban J connectivity index is 1.49. The van der Waals surface area contributed by atoms with Gasteiger partial charge < -0.3 is 10.1 Å². The zero-order valence-corrected chi connectivity index (χ0v) is 19.1. The highest BCUT2D eigenvalue weighted by molar-refractivity contribution is 9.10. The normalized spacial score (nSPS) is 22.7. The van der Waals surface area contributed by atoms with E-state index in [0.717, 1.165) is 16.8 Å². The number of amides is 1. The summed E-state index contributed by atoms with van der Waals surface area (Å²) in [7, 11) is -2.32. The van der Waals surface area contributed by atoms with Gasteiger partial charge in [-0.25, -0.2) is 8.42 Å². The SMILES string of the molecule is COc1ccc(S(=O)(=O)Nc2ccc(Br)cc2)cc1NC(=O)CC1CC2CCC1C2. The summed E-state index contributed by atoms with van der Waals surface area (Å²) < 4.78 is 34.4. The van der Waals surface area contributed by atoms with Crippen LogP contribution < -0.4 is 14.8 Å². The first-order chi connectivity index (χ1) is 14.3. The number of methoxy groups -OCH3 is 1. The number of benzene rings is 2. The maximum absolute atomic E-state index is 12.8. The minimum absolute atomic E-state index is 0.0569. The average molecular weight is 493 g/mol. The van der Waals surface area contributed by atoms with Crippen molar-refractivity contribution in [1.82, 2.24) is 0 Å². The van der Waals surface area contributed by atoms with Crippen molar-refractivity contribution in [1.29, 1.82) is 0 Å². The van der Waals surface area contributed by atoms with Crippen LogP contribution in [-0.4, -0.2) is 21.4 Å². The van der Waals surface area contributed by atoms with Crippen molar-refractivity contribution in [2.24, 2.45) is 17.8 Å². The first-order valence-electron chi connectivity index (χ1n) is 10.1. The monoisotopic (exact) mass is 492 g/mol. The van der Waals surface area contributed by atoms with E-state index in [-0.39, 0.29) is 10.8 Å². The number of hydrogen-bond acceptors (Lipinski definition) is 4. The number of anilines is 2. The molecule has 0 aliphatic heterocycles. The van der Waals surface area contributed by atoms with Gasteiger partial charge in [-0.2, -0.15) is 0 Å². The maximum atomic E-state index is 12.8. The zero-order chi connectivity index (χ0) is 21.3. The van der Waals surface area contributed by atoms with E-state index in [9.17, 15) is 13.2 Å². The van der Waals surface area contributed by atoms with Crippen molar-refractivity contribution in [3.05, 3.63) is 46.9 Å². The lowest BCUT2D eigenvalue weighted by molar-refractivity contribution is -0.117. The van der Waals surface area contributed by atoms with Gasteiger partial charge in [0.15, 0.2) is 0 Å². The first-order valence-corrected chi connectivity index (χ1v) is 12.4. The van der Waals surface area contributed by atoms with E-state index in [0.29, 0.717) is 35.4 Å². The molecule has 6 nitrogen and oxygen atoms in total. The van der Waals surface area contributed by atoms with Crippen molar-refractivity contribution < 1.29 is 17.9 Å². The van der Waals surface area contributed by atoms with Crippen LogP contribution in [0.2, 0.25) is 0 Å². The number of halogens is 1. The van der Waals surface area contributed by atoms with E-state index in [1.807, 2.05) is 0 Å². The third kappa shape index (κ3) is 4.64. The molecule has 0 spiro atoms. The van der Waals surface area contributed by atoms with E-state index < -0.39 is 10.0 Å². The van der Waals surface area contributed by atoms with Gasteiger partial charge in [-0.3, -0.25) is 9.52 Å². The number of ether oxygens (including phenoxy) is 1. The number of rotatable bonds is 7. The largest absolute Gasteiger partial charge is 0.495 e. The minimum Gasteiger partial charge on any atom is -0.495 e. The smallest absolute Gasteiger partial charge is 0.261 e. The summed E-state index contributed by atoms with van der Waals surface area (Å²) in [5.74, 6) is 2.20. The lowest BCUT2D eigenvalue weighted by atomic mass is 9.86. The molecule has 0 heterocycles. The molecule has 2 aliphatic rings. The molecule has 3 atom stereocenters. The fraction of sp³-hybridized carbons (Fsp3) is 0.409. The number of fused-ring (bicyclic) bond motifs is 2. The Morgan fingerprint density at radius 3 is 2.53 bits per heavy atom. The van der Waals surface area contributed by atoms with Gasteiger partial charge in [-0.1, -0.05) is 22.4 Å². The third-order valence-electron chi connectivity index (χ3n) is 6.18. The van der Waals surface area contributed by atoms with E-state index >= 15 is 0 Å². The predicted molar refractivity (Wildman–Crippen MR) is 120 cm³/mol. The van der Waals surface area contributed by atoms with Crippen molar-refractivity contribution in [2.75, 3.05) is 17.1 Å². The molecule has 2 aliphatic carbocycles. The Morgan fingerprint density at radius 2 is 1.90 bits per heavy atom. The molecule has 0 aromatic heterocycles. The number of sulfonamides is 1. The Hall–Kier alpha value is -2.06. The highest BCUT2D eigenvalue weighted by Gasteiger charge is 2.40. The first kappa shape index (κ1) is 21.2. The van der Waals surface area contributed by atoms with Gasteiger partial charge in [-0.15, -0.1) is 0 Å². The molecule has 2 aromatic carbocycles. The summed E-state index contributed by atoms with van der Waals surface area (Å²) in [6.45, 7) is 0. The molecule has 1 amide bonds. The summed E-state index contributed by atoms with van der Waals surface area (Å²) in [6, 6.07) is 11.3. The second-order valence-corrected chi connectivity index (χ2v) is 10.8. The molecule has 2 fully saturated rings. The molecule has 2 bridgehead atoms. The lowest BCUT2D eigenvalue weighted by Crippen LogP contribution is -2.21. The van der Waals surface area contributed by atoms with Crippen LogP contribution in [0.15, 0.2) is 51.8 Å². The molecule has 2 N–H and O–H groups in total. The molecule has 4 rings (SSSR count). The zero-order valence-electron chi connectivity index (χ0n) is 16.7. The van der Waals surface area contributed by atoms with Crippen LogP contribution >= 0.6 is 15.9 Å². The van der Waals surface area contributed by atoms with Gasteiger partial charge in [0.2, 0.25) is 5.91 Å². The Bertz CT molecular complexity index is 1040. The molecule has 160 valence electrons. The quantitative estimate of drug-likeness (QED) is 0.567. The number of nitrogens with one attached hydrogen (secondary N) is 2. The van der Waals surface area contributed by atoms with Gasteiger partial charge in [0.25, 0.3) is 10.0 Å².